The van der Waals surface area contributed by atoms with Crippen LogP contribution in [-0.2, 0) is 4.79 Å². The van der Waals surface area contributed by atoms with Crippen molar-refractivity contribution in [2.45, 2.75) is 25.6 Å². The number of hydrogen-bond donors (Lipinski definition) is 2. The highest BCUT2D eigenvalue weighted by Gasteiger charge is 2.30. The predicted molar refractivity (Wildman–Crippen MR) is 87.8 cm³/mol. The molecule has 0 aliphatic carbocycles. The minimum Gasteiger partial charge on any atom is -0.406 e. The smallest absolute Gasteiger partial charge is 0.406 e. The van der Waals surface area contributed by atoms with Crippen molar-refractivity contribution in [3.63, 3.8) is 0 Å². The van der Waals surface area contributed by atoms with Gasteiger partial charge in [-0.3, -0.25) is 4.79 Å². The summed E-state index contributed by atoms with van der Waals surface area (Å²) in [6.45, 7) is 2.11. The average molecular weight is 361 g/mol. The van der Waals surface area contributed by atoms with Crippen LogP contribution in [0.3, 0.4) is 0 Å². The average Bonchev–Trinajstić information content (AvgIpc) is 2.90. The minimum absolute atomic E-state index is 0.192. The highest BCUT2D eigenvalue weighted by atomic mass is 32.1. The topological polar surface area (TPSA) is 53.6 Å². The van der Waals surface area contributed by atoms with Crippen molar-refractivity contribution in [3.8, 4) is 5.75 Å². The SMILES string of the molecule is O=C1CCCN1CCCNC(=S)Nc1ccc(OC(F)(F)F)cc1. The Morgan fingerprint density at radius 3 is 2.58 bits per heavy atom. The molecule has 1 aromatic carbocycles. The summed E-state index contributed by atoms with van der Waals surface area (Å²) in [4.78, 5) is 13.3. The molecule has 1 heterocycles. The van der Waals surface area contributed by atoms with E-state index in [4.69, 9.17) is 12.2 Å². The van der Waals surface area contributed by atoms with E-state index < -0.39 is 6.36 Å². The van der Waals surface area contributed by atoms with Crippen LogP contribution in [0.25, 0.3) is 0 Å². The van der Waals surface area contributed by atoms with Gasteiger partial charge in [0.05, 0.1) is 0 Å². The van der Waals surface area contributed by atoms with Crippen molar-refractivity contribution in [1.82, 2.24) is 10.2 Å². The summed E-state index contributed by atoms with van der Waals surface area (Å²) in [7, 11) is 0. The van der Waals surface area contributed by atoms with Crippen LogP contribution in [0.5, 0.6) is 5.75 Å². The molecule has 0 saturated carbocycles. The molecule has 2 rings (SSSR count). The second-order valence-corrected chi connectivity index (χ2v) is 5.70. The number of hydrogen-bond acceptors (Lipinski definition) is 3. The second kappa shape index (κ2) is 8.18. The maximum Gasteiger partial charge on any atom is 0.573 e. The third-order valence-electron chi connectivity index (χ3n) is 3.41. The Morgan fingerprint density at radius 2 is 2.00 bits per heavy atom. The van der Waals surface area contributed by atoms with Crippen LogP contribution in [0, 0.1) is 0 Å². The predicted octanol–water partition coefficient (Wildman–Crippen LogP) is 2.88. The maximum atomic E-state index is 12.1. The standard InChI is InChI=1S/C15H18F3N3O2S/c16-15(17,18)23-12-6-4-11(5-7-12)20-14(24)19-8-2-10-21-9-1-3-13(21)22/h4-7H,1-3,8-10H2,(H2,19,20,24). The fraction of sp³-hybridized carbons (Fsp3) is 0.467. The van der Waals surface area contributed by atoms with Crippen LogP contribution in [0.2, 0.25) is 0 Å². The Hall–Kier alpha value is -2.03. The molecule has 132 valence electrons. The first-order chi connectivity index (χ1) is 11.3. The minimum atomic E-state index is -4.71. The van der Waals surface area contributed by atoms with Crippen LogP contribution in [0.15, 0.2) is 24.3 Å². The Kier molecular flexibility index (Phi) is 6.24. The Balaban J connectivity index is 1.67. The lowest BCUT2D eigenvalue weighted by Gasteiger charge is -2.16. The lowest BCUT2D eigenvalue weighted by Crippen LogP contribution is -2.32. The molecule has 0 radical (unpaired) electrons. The number of benzene rings is 1. The molecule has 1 fully saturated rings. The molecule has 1 aliphatic rings. The van der Waals surface area contributed by atoms with E-state index in [9.17, 15) is 18.0 Å². The normalized spacial score (nSPS) is 14.6. The number of alkyl halides is 3. The number of carbonyl (C=O) groups excluding carboxylic acids is 1. The number of ether oxygens (including phenoxy) is 1. The number of nitrogens with zero attached hydrogens (tertiary/aromatic N) is 1. The number of anilines is 1. The first-order valence-electron chi connectivity index (χ1n) is 7.52. The molecule has 2 N–H and O–H groups in total. The summed E-state index contributed by atoms with van der Waals surface area (Å²) in [5.74, 6) is -0.0981. The summed E-state index contributed by atoms with van der Waals surface area (Å²) < 4.78 is 40.0. The van der Waals surface area contributed by atoms with E-state index in [1.807, 2.05) is 4.90 Å². The van der Waals surface area contributed by atoms with Crippen molar-refractivity contribution in [3.05, 3.63) is 24.3 Å². The monoisotopic (exact) mass is 361 g/mol. The molecule has 0 spiro atoms. The number of likely N-dealkylation sites (tertiary alicyclic amines) is 1. The largest absolute Gasteiger partial charge is 0.573 e. The fourth-order valence-corrected chi connectivity index (χ4v) is 2.55. The molecular formula is C15H18F3N3O2S. The first kappa shape index (κ1) is 18.3. The summed E-state index contributed by atoms with van der Waals surface area (Å²) >= 11 is 5.11. The number of nitrogens with one attached hydrogen (secondary N) is 2. The Bertz CT molecular complexity index is 578. The van der Waals surface area contributed by atoms with Gasteiger partial charge in [0.25, 0.3) is 0 Å². The zero-order chi connectivity index (χ0) is 17.6. The number of thiocarbonyl (C=S) groups is 1. The van der Waals surface area contributed by atoms with Crippen molar-refractivity contribution < 1.29 is 22.7 Å². The van der Waals surface area contributed by atoms with Crippen molar-refractivity contribution >= 4 is 28.9 Å². The summed E-state index contributed by atoms with van der Waals surface area (Å²) in [5, 5.41) is 6.23. The third kappa shape index (κ3) is 6.23. The quantitative estimate of drug-likeness (QED) is 0.603. The van der Waals surface area contributed by atoms with Crippen LogP contribution in [-0.4, -0.2) is 41.9 Å². The van der Waals surface area contributed by atoms with E-state index in [-0.39, 0.29) is 11.7 Å². The van der Waals surface area contributed by atoms with Gasteiger partial charge in [-0.25, -0.2) is 0 Å². The maximum absolute atomic E-state index is 12.1. The van der Waals surface area contributed by atoms with E-state index in [0.717, 1.165) is 19.4 Å². The van der Waals surface area contributed by atoms with Gasteiger partial charge in [-0.15, -0.1) is 13.2 Å². The fourth-order valence-electron chi connectivity index (χ4n) is 2.33. The van der Waals surface area contributed by atoms with E-state index in [2.05, 4.69) is 15.4 Å². The van der Waals surface area contributed by atoms with Crippen LogP contribution in [0.4, 0.5) is 18.9 Å². The van der Waals surface area contributed by atoms with Gasteiger partial charge in [-0.05, 0) is 49.3 Å². The van der Waals surface area contributed by atoms with E-state index >= 15 is 0 Å². The number of amides is 1. The molecule has 9 heteroatoms. The third-order valence-corrected chi connectivity index (χ3v) is 3.65. The van der Waals surface area contributed by atoms with Gasteiger partial charge >= 0.3 is 6.36 Å². The molecule has 0 bridgehead atoms. The van der Waals surface area contributed by atoms with E-state index in [1.165, 1.54) is 24.3 Å². The van der Waals surface area contributed by atoms with Gasteiger partial charge < -0.3 is 20.3 Å². The van der Waals surface area contributed by atoms with E-state index in [1.54, 1.807) is 0 Å². The lowest BCUT2D eigenvalue weighted by atomic mass is 10.3. The Labute approximate surface area is 143 Å². The zero-order valence-electron chi connectivity index (χ0n) is 12.9. The van der Waals surface area contributed by atoms with Gasteiger partial charge in [-0.1, -0.05) is 0 Å². The number of carbonyl (C=O) groups is 1. The second-order valence-electron chi connectivity index (χ2n) is 5.29. The number of halogens is 3. The molecule has 1 aromatic rings. The molecule has 1 aliphatic heterocycles. The molecule has 0 aromatic heterocycles. The van der Waals surface area contributed by atoms with Gasteiger partial charge in [-0.2, -0.15) is 0 Å². The Morgan fingerprint density at radius 1 is 1.29 bits per heavy atom. The van der Waals surface area contributed by atoms with Crippen LogP contribution in [0.1, 0.15) is 19.3 Å². The highest BCUT2D eigenvalue weighted by Crippen LogP contribution is 2.23. The lowest BCUT2D eigenvalue weighted by molar-refractivity contribution is -0.274. The van der Waals surface area contributed by atoms with Crippen LogP contribution < -0.4 is 15.4 Å². The van der Waals surface area contributed by atoms with Gasteiger partial charge in [0.15, 0.2) is 5.11 Å². The van der Waals surface area contributed by atoms with Crippen molar-refractivity contribution in [2.75, 3.05) is 25.0 Å². The van der Waals surface area contributed by atoms with Crippen molar-refractivity contribution in [2.24, 2.45) is 0 Å². The summed E-state index contributed by atoms with van der Waals surface area (Å²) in [5.41, 5.74) is 0.553. The first-order valence-corrected chi connectivity index (χ1v) is 7.93. The molecule has 1 amide bonds. The van der Waals surface area contributed by atoms with Gasteiger partial charge in [0, 0.05) is 31.7 Å². The molecule has 0 atom stereocenters. The van der Waals surface area contributed by atoms with Crippen molar-refractivity contribution in [1.29, 1.82) is 0 Å². The molecule has 1 saturated heterocycles. The van der Waals surface area contributed by atoms with Gasteiger partial charge in [0.2, 0.25) is 5.91 Å². The molecular weight excluding hydrogens is 343 g/mol. The van der Waals surface area contributed by atoms with E-state index in [0.29, 0.717) is 30.3 Å². The molecule has 24 heavy (non-hydrogen) atoms. The molecule has 5 nitrogen and oxygen atoms in total. The van der Waals surface area contributed by atoms with Crippen LogP contribution >= 0.6 is 12.2 Å². The number of rotatable bonds is 6. The highest BCUT2D eigenvalue weighted by molar-refractivity contribution is 7.80. The molecule has 0 unspecified atom stereocenters. The summed E-state index contributed by atoms with van der Waals surface area (Å²) in [6.07, 6.45) is -2.39. The van der Waals surface area contributed by atoms with Gasteiger partial charge in [0.1, 0.15) is 5.75 Å². The summed E-state index contributed by atoms with van der Waals surface area (Å²) in [6, 6.07) is 5.30. The zero-order valence-corrected chi connectivity index (χ0v) is 13.7.